The van der Waals surface area contributed by atoms with Gasteiger partial charge in [-0.2, -0.15) is 0 Å². The number of rotatable bonds is 9. The van der Waals surface area contributed by atoms with Crippen LogP contribution in [0, 0.1) is 0 Å². The van der Waals surface area contributed by atoms with Crippen LogP contribution in [0.3, 0.4) is 0 Å². The Labute approximate surface area is 91.6 Å². The molecule has 0 aliphatic rings. The van der Waals surface area contributed by atoms with Crippen molar-refractivity contribution in [1.82, 2.24) is 5.32 Å². The Kier molecular flexibility index (Phi) is 8.82. The van der Waals surface area contributed by atoms with Crippen LogP contribution < -0.4 is 11.1 Å². The largest absolute Gasteiger partial charge is 0.370 e. The van der Waals surface area contributed by atoms with Gasteiger partial charge in [0.1, 0.15) is 0 Å². The lowest BCUT2D eigenvalue weighted by atomic mass is 10.1. The average molecular weight is 214 g/mol. The van der Waals surface area contributed by atoms with Crippen molar-refractivity contribution in [1.29, 1.82) is 0 Å². The van der Waals surface area contributed by atoms with Crippen molar-refractivity contribution in [2.45, 2.75) is 51.9 Å². The first kappa shape index (κ1) is 13.9. The van der Waals surface area contributed by atoms with Gasteiger partial charge in [-0.25, -0.2) is 0 Å². The molecule has 0 fully saturated rings. The molecule has 0 aromatic rings. The molecule has 0 radical (unpaired) electrons. The third kappa shape index (κ3) is 10.9. The molecule has 0 rings (SSSR count). The van der Waals surface area contributed by atoms with Gasteiger partial charge in [-0.05, 0) is 19.8 Å². The zero-order chi connectivity index (χ0) is 11.5. The Morgan fingerprint density at radius 1 is 1.00 bits per heavy atom. The number of carbonyl (C=O) groups is 2. The van der Waals surface area contributed by atoms with Crippen molar-refractivity contribution in [2.75, 3.05) is 6.54 Å². The summed E-state index contributed by atoms with van der Waals surface area (Å²) in [5, 5.41) is 2.76. The molecule has 0 bridgehead atoms. The van der Waals surface area contributed by atoms with E-state index in [0.29, 0.717) is 19.4 Å². The third-order valence-electron chi connectivity index (χ3n) is 2.20. The van der Waals surface area contributed by atoms with Crippen LogP contribution in [0.15, 0.2) is 0 Å². The van der Waals surface area contributed by atoms with Gasteiger partial charge in [0.15, 0.2) is 0 Å². The van der Waals surface area contributed by atoms with Crippen LogP contribution in [0.1, 0.15) is 51.9 Å². The van der Waals surface area contributed by atoms with Gasteiger partial charge in [0.2, 0.25) is 11.8 Å². The smallest absolute Gasteiger partial charge is 0.219 e. The quantitative estimate of drug-likeness (QED) is 0.568. The van der Waals surface area contributed by atoms with E-state index in [2.05, 4.69) is 5.32 Å². The van der Waals surface area contributed by atoms with Gasteiger partial charge in [-0.1, -0.05) is 19.3 Å². The predicted octanol–water partition coefficient (Wildman–Crippen LogP) is 1.34. The highest BCUT2D eigenvalue weighted by molar-refractivity contribution is 5.75. The number of amides is 2. The van der Waals surface area contributed by atoms with Crippen LogP contribution >= 0.6 is 0 Å². The molecule has 0 aromatic carbocycles. The van der Waals surface area contributed by atoms with Gasteiger partial charge in [-0.3, -0.25) is 9.59 Å². The summed E-state index contributed by atoms with van der Waals surface area (Å²) < 4.78 is 0. The van der Waals surface area contributed by atoms with Crippen LogP contribution in [0.25, 0.3) is 0 Å². The van der Waals surface area contributed by atoms with Gasteiger partial charge >= 0.3 is 0 Å². The van der Waals surface area contributed by atoms with Gasteiger partial charge in [-0.15, -0.1) is 0 Å². The molecule has 0 aromatic heterocycles. The van der Waals surface area contributed by atoms with Crippen LogP contribution in [0.5, 0.6) is 0 Å². The van der Waals surface area contributed by atoms with Crippen LogP contribution in [0.2, 0.25) is 0 Å². The number of hydrogen-bond acceptors (Lipinski definition) is 2. The Balaban J connectivity index is 3.11. The first-order chi connectivity index (χ1) is 7.16. The Bertz CT molecular complexity index is 193. The topological polar surface area (TPSA) is 72.2 Å². The molecule has 0 saturated carbocycles. The Morgan fingerprint density at radius 3 is 2.07 bits per heavy atom. The highest BCUT2D eigenvalue weighted by Crippen LogP contribution is 2.06. The number of hydrogen-bond donors (Lipinski definition) is 2. The summed E-state index contributed by atoms with van der Waals surface area (Å²) in [5.74, 6) is -0.0908. The minimum atomic E-state index is -0.225. The summed E-state index contributed by atoms with van der Waals surface area (Å²) >= 11 is 0. The van der Waals surface area contributed by atoms with Crippen molar-refractivity contribution in [3.05, 3.63) is 0 Å². The molecule has 0 aliphatic carbocycles. The van der Waals surface area contributed by atoms with Crippen LogP contribution in [-0.2, 0) is 9.59 Å². The lowest BCUT2D eigenvalue weighted by molar-refractivity contribution is -0.121. The van der Waals surface area contributed by atoms with Gasteiger partial charge in [0.05, 0.1) is 0 Å². The summed E-state index contributed by atoms with van der Waals surface area (Å²) in [6.07, 6.45) is 6.06. The van der Waals surface area contributed by atoms with E-state index >= 15 is 0 Å². The highest BCUT2D eigenvalue weighted by atomic mass is 16.1. The second-order valence-electron chi connectivity index (χ2n) is 3.69. The first-order valence-corrected chi connectivity index (χ1v) is 5.71. The van der Waals surface area contributed by atoms with Crippen molar-refractivity contribution < 1.29 is 9.59 Å². The zero-order valence-corrected chi connectivity index (χ0v) is 9.55. The SMILES string of the molecule is CCNC(=O)CCCCCCCC(N)=O. The Hall–Kier alpha value is -1.06. The van der Waals surface area contributed by atoms with Gasteiger partial charge in [0, 0.05) is 19.4 Å². The van der Waals surface area contributed by atoms with E-state index in [1.807, 2.05) is 6.92 Å². The first-order valence-electron chi connectivity index (χ1n) is 5.71. The maximum atomic E-state index is 11.0. The molecule has 2 amide bonds. The fraction of sp³-hybridized carbons (Fsp3) is 0.818. The van der Waals surface area contributed by atoms with E-state index in [9.17, 15) is 9.59 Å². The molecule has 15 heavy (non-hydrogen) atoms. The normalized spacial score (nSPS) is 9.93. The minimum absolute atomic E-state index is 0.134. The van der Waals surface area contributed by atoms with E-state index in [0.717, 1.165) is 32.1 Å². The number of nitrogens with one attached hydrogen (secondary N) is 1. The third-order valence-corrected chi connectivity index (χ3v) is 2.20. The fourth-order valence-electron chi connectivity index (χ4n) is 1.40. The Morgan fingerprint density at radius 2 is 1.53 bits per heavy atom. The van der Waals surface area contributed by atoms with Crippen molar-refractivity contribution >= 4 is 11.8 Å². The lowest BCUT2D eigenvalue weighted by Crippen LogP contribution is -2.21. The number of carbonyl (C=O) groups excluding carboxylic acids is 2. The van der Waals surface area contributed by atoms with E-state index in [4.69, 9.17) is 5.73 Å². The molecule has 0 aliphatic heterocycles. The molecule has 3 N–H and O–H groups in total. The van der Waals surface area contributed by atoms with Crippen LogP contribution in [-0.4, -0.2) is 18.4 Å². The van der Waals surface area contributed by atoms with E-state index in [1.165, 1.54) is 0 Å². The monoisotopic (exact) mass is 214 g/mol. The summed E-state index contributed by atoms with van der Waals surface area (Å²) in [4.78, 5) is 21.5. The second-order valence-corrected chi connectivity index (χ2v) is 3.69. The number of primary amides is 1. The van der Waals surface area contributed by atoms with E-state index in [1.54, 1.807) is 0 Å². The van der Waals surface area contributed by atoms with Crippen molar-refractivity contribution in [3.63, 3.8) is 0 Å². The van der Waals surface area contributed by atoms with E-state index < -0.39 is 0 Å². The predicted molar refractivity (Wildman–Crippen MR) is 60.2 cm³/mol. The average Bonchev–Trinajstić information content (AvgIpc) is 2.16. The van der Waals surface area contributed by atoms with Gasteiger partial charge < -0.3 is 11.1 Å². The molecule has 4 nitrogen and oxygen atoms in total. The zero-order valence-electron chi connectivity index (χ0n) is 9.55. The molecule has 0 heterocycles. The number of unbranched alkanes of at least 4 members (excludes halogenated alkanes) is 4. The van der Waals surface area contributed by atoms with E-state index in [-0.39, 0.29) is 11.8 Å². The lowest BCUT2D eigenvalue weighted by Gasteiger charge is -2.02. The fourth-order valence-corrected chi connectivity index (χ4v) is 1.40. The molecule has 0 atom stereocenters. The maximum absolute atomic E-state index is 11.0. The molecular formula is C11H22N2O2. The summed E-state index contributed by atoms with van der Waals surface area (Å²) in [5.41, 5.74) is 5.01. The molecule has 0 unspecified atom stereocenters. The molecular weight excluding hydrogens is 192 g/mol. The summed E-state index contributed by atoms with van der Waals surface area (Å²) in [7, 11) is 0. The standard InChI is InChI=1S/C11H22N2O2/c1-2-13-11(15)9-7-5-3-4-6-8-10(12)14/h2-9H2,1H3,(H2,12,14)(H,13,15). The van der Waals surface area contributed by atoms with Gasteiger partial charge in [0.25, 0.3) is 0 Å². The molecule has 4 heteroatoms. The molecule has 88 valence electrons. The molecule has 0 spiro atoms. The minimum Gasteiger partial charge on any atom is -0.370 e. The second kappa shape index (κ2) is 9.49. The number of nitrogens with two attached hydrogens (primary N) is 1. The van der Waals surface area contributed by atoms with Crippen LogP contribution in [0.4, 0.5) is 0 Å². The van der Waals surface area contributed by atoms with Crippen molar-refractivity contribution in [2.24, 2.45) is 5.73 Å². The highest BCUT2D eigenvalue weighted by Gasteiger charge is 1.99. The summed E-state index contributed by atoms with van der Waals surface area (Å²) in [6.45, 7) is 2.62. The summed E-state index contributed by atoms with van der Waals surface area (Å²) in [6, 6.07) is 0. The maximum Gasteiger partial charge on any atom is 0.219 e. The molecule has 0 saturated heterocycles. The van der Waals surface area contributed by atoms with Crippen molar-refractivity contribution in [3.8, 4) is 0 Å².